The molecule has 2 aromatic heterocycles. The maximum Gasteiger partial charge on any atom is 0.416 e. The van der Waals surface area contributed by atoms with Crippen LogP contribution in [0.3, 0.4) is 0 Å². The Labute approximate surface area is 157 Å². The van der Waals surface area contributed by atoms with E-state index in [1.165, 1.54) is 17.6 Å². The van der Waals surface area contributed by atoms with Gasteiger partial charge >= 0.3 is 6.18 Å². The molecule has 10 heteroatoms. The fourth-order valence-corrected chi connectivity index (χ4v) is 4.34. The number of aliphatic hydroxyl groups is 1. The molecule has 1 aromatic carbocycles. The predicted molar refractivity (Wildman–Crippen MR) is 93.6 cm³/mol. The minimum absolute atomic E-state index is 0.378. The summed E-state index contributed by atoms with van der Waals surface area (Å²) in [6.45, 7) is -0.378. The summed E-state index contributed by atoms with van der Waals surface area (Å²) in [6, 6.07) is 10.2. The summed E-state index contributed by atoms with van der Waals surface area (Å²) < 4.78 is 70.1. The van der Waals surface area contributed by atoms with Crippen molar-refractivity contribution < 1.29 is 31.1 Å². The van der Waals surface area contributed by atoms with Crippen LogP contribution in [0.2, 0.25) is 0 Å². The van der Waals surface area contributed by atoms with Gasteiger partial charge in [-0.1, -0.05) is 6.07 Å². The first-order valence-electron chi connectivity index (χ1n) is 7.65. The second-order valence-electron chi connectivity index (χ2n) is 5.57. The Balaban J connectivity index is 1.70. The van der Waals surface area contributed by atoms with Crippen LogP contribution in [0.1, 0.15) is 16.5 Å². The smallest absolute Gasteiger partial charge is 0.416 e. The molecular formula is C17H14F3NO4S2. The van der Waals surface area contributed by atoms with E-state index in [1.54, 1.807) is 24.3 Å². The number of benzene rings is 1. The van der Waals surface area contributed by atoms with Crippen molar-refractivity contribution in [3.8, 4) is 10.6 Å². The number of rotatable bonds is 6. The lowest BCUT2D eigenvalue weighted by molar-refractivity contribution is -0.137. The molecule has 0 radical (unpaired) electrons. The van der Waals surface area contributed by atoms with E-state index in [9.17, 15) is 26.7 Å². The van der Waals surface area contributed by atoms with Gasteiger partial charge in [0.25, 0.3) is 0 Å². The van der Waals surface area contributed by atoms with Crippen LogP contribution in [0.4, 0.5) is 13.2 Å². The Kier molecular flexibility index (Phi) is 5.43. The molecule has 1 unspecified atom stereocenters. The van der Waals surface area contributed by atoms with Crippen molar-refractivity contribution in [2.45, 2.75) is 17.2 Å². The Morgan fingerprint density at radius 2 is 1.93 bits per heavy atom. The molecule has 0 saturated heterocycles. The minimum Gasteiger partial charge on any atom is -0.464 e. The van der Waals surface area contributed by atoms with Gasteiger partial charge in [-0.3, -0.25) is 0 Å². The SMILES string of the molecule is O=S(=O)(NCC(O)c1ccc(-c2ccco2)s1)c1cccc(C(F)(F)F)c1. The normalized spacial score (nSPS) is 13.6. The fourth-order valence-electron chi connectivity index (χ4n) is 2.30. The molecule has 3 aromatic rings. The van der Waals surface area contributed by atoms with E-state index < -0.39 is 32.8 Å². The van der Waals surface area contributed by atoms with Crippen LogP contribution in [0.5, 0.6) is 0 Å². The van der Waals surface area contributed by atoms with Gasteiger partial charge in [-0.15, -0.1) is 11.3 Å². The van der Waals surface area contributed by atoms with Crippen LogP contribution in [-0.4, -0.2) is 20.1 Å². The lowest BCUT2D eigenvalue weighted by Crippen LogP contribution is -2.28. The van der Waals surface area contributed by atoms with Gasteiger partial charge in [0.2, 0.25) is 10.0 Å². The molecule has 1 atom stereocenters. The first kappa shape index (κ1) is 19.6. The second kappa shape index (κ2) is 7.47. The highest BCUT2D eigenvalue weighted by molar-refractivity contribution is 7.89. The van der Waals surface area contributed by atoms with Gasteiger partial charge in [0.05, 0.1) is 21.6 Å². The predicted octanol–water partition coefficient (Wildman–Crippen LogP) is 4.04. The molecule has 0 saturated carbocycles. The van der Waals surface area contributed by atoms with Crippen LogP contribution in [-0.2, 0) is 16.2 Å². The highest BCUT2D eigenvalue weighted by Gasteiger charge is 2.31. The summed E-state index contributed by atoms with van der Waals surface area (Å²) in [5.41, 5.74) is -1.06. The van der Waals surface area contributed by atoms with Gasteiger partial charge < -0.3 is 9.52 Å². The summed E-state index contributed by atoms with van der Waals surface area (Å²) in [7, 11) is -4.21. The van der Waals surface area contributed by atoms with E-state index in [0.29, 0.717) is 16.7 Å². The largest absolute Gasteiger partial charge is 0.464 e. The van der Waals surface area contributed by atoms with E-state index in [2.05, 4.69) is 4.72 Å². The number of alkyl halides is 3. The van der Waals surface area contributed by atoms with E-state index in [1.807, 2.05) is 0 Å². The van der Waals surface area contributed by atoms with E-state index in [0.717, 1.165) is 23.1 Å². The molecule has 0 aliphatic heterocycles. The Morgan fingerprint density at radius 3 is 2.59 bits per heavy atom. The van der Waals surface area contributed by atoms with Crippen LogP contribution in [0.25, 0.3) is 10.6 Å². The number of thiophene rings is 1. The first-order valence-corrected chi connectivity index (χ1v) is 9.95. The zero-order valence-corrected chi connectivity index (χ0v) is 15.2. The Morgan fingerprint density at radius 1 is 1.15 bits per heavy atom. The second-order valence-corrected chi connectivity index (χ2v) is 8.45. The molecule has 0 bridgehead atoms. The van der Waals surface area contributed by atoms with Crippen molar-refractivity contribution in [3.63, 3.8) is 0 Å². The zero-order valence-electron chi connectivity index (χ0n) is 13.6. The molecule has 5 nitrogen and oxygen atoms in total. The Bertz CT molecular complexity index is 1010. The fraction of sp³-hybridized carbons (Fsp3) is 0.176. The molecular weight excluding hydrogens is 403 g/mol. The van der Waals surface area contributed by atoms with Gasteiger partial charge in [0, 0.05) is 11.4 Å². The first-order chi connectivity index (χ1) is 12.7. The molecule has 27 heavy (non-hydrogen) atoms. The molecule has 144 valence electrons. The minimum atomic E-state index is -4.65. The number of hydrogen-bond acceptors (Lipinski definition) is 5. The van der Waals surface area contributed by atoms with Gasteiger partial charge in [0.1, 0.15) is 11.9 Å². The highest BCUT2D eigenvalue weighted by Crippen LogP contribution is 2.32. The number of nitrogens with one attached hydrogen (secondary N) is 1. The van der Waals surface area contributed by atoms with Crippen molar-refractivity contribution in [1.82, 2.24) is 4.72 Å². The number of aliphatic hydroxyl groups excluding tert-OH is 1. The van der Waals surface area contributed by atoms with E-state index in [4.69, 9.17) is 4.42 Å². The van der Waals surface area contributed by atoms with Crippen LogP contribution in [0, 0.1) is 0 Å². The molecule has 2 N–H and O–H groups in total. The third-order valence-electron chi connectivity index (χ3n) is 3.66. The van der Waals surface area contributed by atoms with Gasteiger partial charge in [-0.05, 0) is 42.5 Å². The third-order valence-corrected chi connectivity index (χ3v) is 6.28. The van der Waals surface area contributed by atoms with Crippen molar-refractivity contribution in [2.75, 3.05) is 6.54 Å². The van der Waals surface area contributed by atoms with Crippen LogP contribution in [0.15, 0.2) is 64.1 Å². The third kappa shape index (κ3) is 4.59. The van der Waals surface area contributed by atoms with Crippen molar-refractivity contribution in [3.05, 3.63) is 65.2 Å². The summed E-state index contributed by atoms with van der Waals surface area (Å²) in [4.78, 5) is 0.731. The number of sulfonamides is 1. The maximum atomic E-state index is 12.7. The van der Waals surface area contributed by atoms with Crippen molar-refractivity contribution >= 4 is 21.4 Å². The average Bonchev–Trinajstić information content (AvgIpc) is 3.30. The Hall–Kier alpha value is -2.14. The van der Waals surface area contributed by atoms with Crippen LogP contribution < -0.4 is 4.72 Å². The monoisotopic (exact) mass is 417 g/mol. The standard InChI is InChI=1S/C17H14F3NO4S2/c18-17(19,20)11-3-1-4-12(9-11)27(23,24)21-10-13(22)15-6-7-16(26-15)14-5-2-8-25-14/h1-9,13,21-22H,10H2. The topological polar surface area (TPSA) is 79.5 Å². The maximum absolute atomic E-state index is 12.7. The van der Waals surface area contributed by atoms with Crippen molar-refractivity contribution in [2.24, 2.45) is 0 Å². The number of furan rings is 1. The van der Waals surface area contributed by atoms with E-state index in [-0.39, 0.29) is 6.54 Å². The van der Waals surface area contributed by atoms with Gasteiger partial charge in [0.15, 0.2) is 0 Å². The quantitative estimate of drug-likeness (QED) is 0.635. The molecule has 0 aliphatic carbocycles. The van der Waals surface area contributed by atoms with Crippen LogP contribution >= 0.6 is 11.3 Å². The number of halogens is 3. The number of hydrogen-bond donors (Lipinski definition) is 2. The average molecular weight is 417 g/mol. The zero-order chi connectivity index (χ0) is 19.7. The summed E-state index contributed by atoms with van der Waals surface area (Å²) in [6.07, 6.45) is -4.29. The lowest BCUT2D eigenvalue weighted by Gasteiger charge is -2.12. The summed E-state index contributed by atoms with van der Waals surface area (Å²) >= 11 is 1.22. The molecule has 0 aliphatic rings. The highest BCUT2D eigenvalue weighted by atomic mass is 32.2. The van der Waals surface area contributed by atoms with Crippen molar-refractivity contribution in [1.29, 1.82) is 0 Å². The lowest BCUT2D eigenvalue weighted by atomic mass is 10.2. The molecule has 3 rings (SSSR count). The van der Waals surface area contributed by atoms with E-state index >= 15 is 0 Å². The van der Waals surface area contributed by atoms with Gasteiger partial charge in [-0.2, -0.15) is 13.2 Å². The van der Waals surface area contributed by atoms with Gasteiger partial charge in [-0.25, -0.2) is 13.1 Å². The summed E-state index contributed by atoms with van der Waals surface area (Å²) in [5.74, 6) is 0.614. The molecule has 2 heterocycles. The summed E-state index contributed by atoms with van der Waals surface area (Å²) in [5, 5.41) is 10.2. The molecule has 0 amide bonds. The molecule has 0 fully saturated rings. The molecule has 0 spiro atoms.